The number of aromatic nitrogens is 2. The second kappa shape index (κ2) is 6.70. The van der Waals surface area contributed by atoms with Gasteiger partial charge in [-0.2, -0.15) is 5.10 Å². The van der Waals surface area contributed by atoms with Gasteiger partial charge in [-0.15, -0.1) is 0 Å². The van der Waals surface area contributed by atoms with Crippen molar-refractivity contribution in [3.8, 4) is 0 Å². The summed E-state index contributed by atoms with van der Waals surface area (Å²) in [4.78, 5) is 2.50. The first-order valence-corrected chi connectivity index (χ1v) is 7.89. The Kier molecular flexibility index (Phi) is 4.70. The van der Waals surface area contributed by atoms with Gasteiger partial charge in [-0.25, -0.2) is 0 Å². The lowest BCUT2D eigenvalue weighted by molar-refractivity contribution is 0.0373. The molecule has 2 aliphatic rings. The first kappa shape index (κ1) is 14.0. The van der Waals surface area contributed by atoms with E-state index in [-0.39, 0.29) is 0 Å². The quantitative estimate of drug-likeness (QED) is 0.819. The summed E-state index contributed by atoms with van der Waals surface area (Å²) in [6.07, 6.45) is 6.96. The first-order valence-electron chi connectivity index (χ1n) is 7.89. The van der Waals surface area contributed by atoms with Gasteiger partial charge in [-0.05, 0) is 38.8 Å². The predicted octanol–water partition coefficient (Wildman–Crippen LogP) is 1.11. The van der Waals surface area contributed by atoms with E-state index in [0.717, 1.165) is 32.8 Å². The van der Waals surface area contributed by atoms with Crippen LogP contribution in [0, 0.1) is 0 Å². The Morgan fingerprint density at radius 2 is 2.25 bits per heavy atom. The molecule has 1 aliphatic carbocycles. The van der Waals surface area contributed by atoms with Gasteiger partial charge in [0.05, 0.1) is 19.4 Å². The smallest absolute Gasteiger partial charge is 0.0594 e. The van der Waals surface area contributed by atoms with Crippen LogP contribution in [0.5, 0.6) is 0 Å². The van der Waals surface area contributed by atoms with E-state index >= 15 is 0 Å². The molecule has 3 rings (SSSR count). The lowest BCUT2D eigenvalue weighted by Gasteiger charge is -2.27. The fourth-order valence-electron chi connectivity index (χ4n) is 3.32. The molecule has 1 fully saturated rings. The highest BCUT2D eigenvalue weighted by Crippen LogP contribution is 2.28. The summed E-state index contributed by atoms with van der Waals surface area (Å²) in [7, 11) is 2.06. The van der Waals surface area contributed by atoms with Crippen LogP contribution in [0.2, 0.25) is 0 Å². The summed E-state index contributed by atoms with van der Waals surface area (Å²) in [6, 6.07) is 0.511. The van der Waals surface area contributed by atoms with Crippen molar-refractivity contribution >= 4 is 0 Å². The summed E-state index contributed by atoms with van der Waals surface area (Å²) in [5.74, 6) is 0. The molecule has 1 aromatic rings. The monoisotopic (exact) mass is 278 g/mol. The van der Waals surface area contributed by atoms with Crippen LogP contribution in [0.15, 0.2) is 6.20 Å². The fourth-order valence-corrected chi connectivity index (χ4v) is 3.32. The van der Waals surface area contributed by atoms with Crippen LogP contribution in [0.1, 0.15) is 36.6 Å². The van der Waals surface area contributed by atoms with Crippen molar-refractivity contribution < 1.29 is 4.74 Å². The minimum atomic E-state index is 0.511. The van der Waals surface area contributed by atoms with Crippen molar-refractivity contribution in [2.45, 2.75) is 31.7 Å². The van der Waals surface area contributed by atoms with E-state index in [1.165, 1.54) is 43.5 Å². The van der Waals surface area contributed by atoms with Crippen molar-refractivity contribution in [1.29, 1.82) is 0 Å². The van der Waals surface area contributed by atoms with Crippen LogP contribution in [0.4, 0.5) is 0 Å². The highest BCUT2D eigenvalue weighted by molar-refractivity contribution is 5.24. The fraction of sp³-hybridized carbons (Fsp3) is 0.800. The van der Waals surface area contributed by atoms with E-state index in [1.807, 2.05) is 10.9 Å². The molecule has 0 radical (unpaired) electrons. The van der Waals surface area contributed by atoms with E-state index in [2.05, 4.69) is 22.4 Å². The molecule has 20 heavy (non-hydrogen) atoms. The molecular formula is C15H26N4O. The third-order valence-electron chi connectivity index (χ3n) is 4.52. The molecule has 0 spiro atoms. The van der Waals surface area contributed by atoms with Crippen LogP contribution < -0.4 is 5.32 Å². The summed E-state index contributed by atoms with van der Waals surface area (Å²) >= 11 is 0. The zero-order chi connectivity index (χ0) is 13.8. The molecule has 5 nitrogen and oxygen atoms in total. The predicted molar refractivity (Wildman–Crippen MR) is 78.8 cm³/mol. The number of fused-ring (bicyclic) bond motifs is 1. The minimum absolute atomic E-state index is 0.511. The van der Waals surface area contributed by atoms with Crippen LogP contribution in [-0.2, 0) is 18.2 Å². The number of morpholine rings is 1. The van der Waals surface area contributed by atoms with Crippen LogP contribution in [0.25, 0.3) is 0 Å². The van der Waals surface area contributed by atoms with Gasteiger partial charge in [-0.1, -0.05) is 0 Å². The van der Waals surface area contributed by atoms with Gasteiger partial charge in [0.15, 0.2) is 0 Å². The van der Waals surface area contributed by atoms with Gasteiger partial charge >= 0.3 is 0 Å². The summed E-state index contributed by atoms with van der Waals surface area (Å²) in [5, 5.41) is 8.12. The Morgan fingerprint density at radius 3 is 3.10 bits per heavy atom. The minimum Gasteiger partial charge on any atom is -0.379 e. The number of nitrogens with zero attached hydrogens (tertiary/aromatic N) is 3. The Morgan fingerprint density at radius 1 is 1.40 bits per heavy atom. The summed E-state index contributed by atoms with van der Waals surface area (Å²) in [5.41, 5.74) is 2.84. The second-order valence-electron chi connectivity index (χ2n) is 5.88. The highest BCUT2D eigenvalue weighted by atomic mass is 16.5. The first-order chi connectivity index (χ1) is 9.84. The Labute approximate surface area is 121 Å². The summed E-state index contributed by atoms with van der Waals surface area (Å²) in [6.45, 7) is 6.26. The Balaban J connectivity index is 1.42. The molecule has 1 atom stereocenters. The highest BCUT2D eigenvalue weighted by Gasteiger charge is 2.22. The molecule has 0 bridgehead atoms. The molecule has 0 amide bonds. The molecule has 1 aromatic heterocycles. The maximum Gasteiger partial charge on any atom is 0.0594 e. The molecule has 1 aliphatic heterocycles. The number of nitrogens with one attached hydrogen (secondary N) is 1. The molecule has 112 valence electrons. The zero-order valence-corrected chi connectivity index (χ0v) is 12.5. The lowest BCUT2D eigenvalue weighted by atomic mass is 9.93. The zero-order valence-electron chi connectivity index (χ0n) is 12.5. The molecule has 1 unspecified atom stereocenters. The number of ether oxygens (including phenoxy) is 1. The lowest BCUT2D eigenvalue weighted by Crippen LogP contribution is -2.38. The van der Waals surface area contributed by atoms with Crippen molar-refractivity contribution in [1.82, 2.24) is 20.0 Å². The Hall–Kier alpha value is -0.910. The van der Waals surface area contributed by atoms with Gasteiger partial charge in [0.1, 0.15) is 0 Å². The summed E-state index contributed by atoms with van der Waals surface area (Å²) < 4.78 is 7.41. The van der Waals surface area contributed by atoms with Crippen LogP contribution in [0.3, 0.4) is 0 Å². The molecule has 1 saturated heterocycles. The van der Waals surface area contributed by atoms with Crippen molar-refractivity contribution in [2.24, 2.45) is 7.05 Å². The number of aryl methyl sites for hydroxylation is 1. The van der Waals surface area contributed by atoms with E-state index in [0.29, 0.717) is 6.04 Å². The van der Waals surface area contributed by atoms with Gasteiger partial charge in [0.25, 0.3) is 0 Å². The van der Waals surface area contributed by atoms with Crippen molar-refractivity contribution in [3.63, 3.8) is 0 Å². The number of hydrogen-bond donors (Lipinski definition) is 1. The molecule has 1 N–H and O–H groups in total. The second-order valence-corrected chi connectivity index (χ2v) is 5.88. The van der Waals surface area contributed by atoms with Crippen LogP contribution in [-0.4, -0.2) is 54.1 Å². The van der Waals surface area contributed by atoms with E-state index < -0.39 is 0 Å². The van der Waals surface area contributed by atoms with Crippen molar-refractivity contribution in [2.75, 3.05) is 39.4 Å². The standard InChI is InChI=1S/C15H26N4O/c1-18-15-5-2-4-14(13(15)12-17-18)16-6-3-7-19-8-10-20-11-9-19/h12,14,16H,2-11H2,1H3. The maximum atomic E-state index is 5.38. The average molecular weight is 278 g/mol. The topological polar surface area (TPSA) is 42.3 Å². The molecular weight excluding hydrogens is 252 g/mol. The third-order valence-corrected chi connectivity index (χ3v) is 4.52. The number of hydrogen-bond acceptors (Lipinski definition) is 4. The van der Waals surface area contributed by atoms with Gasteiger partial charge in [0.2, 0.25) is 0 Å². The maximum absolute atomic E-state index is 5.38. The molecule has 0 aromatic carbocycles. The van der Waals surface area contributed by atoms with E-state index in [9.17, 15) is 0 Å². The molecule has 2 heterocycles. The molecule has 5 heteroatoms. The van der Waals surface area contributed by atoms with E-state index in [4.69, 9.17) is 4.74 Å². The normalized spacial score (nSPS) is 23.8. The van der Waals surface area contributed by atoms with Gasteiger partial charge in [-0.3, -0.25) is 9.58 Å². The average Bonchev–Trinajstić information content (AvgIpc) is 2.87. The molecule has 0 saturated carbocycles. The van der Waals surface area contributed by atoms with Crippen molar-refractivity contribution in [3.05, 3.63) is 17.5 Å². The van der Waals surface area contributed by atoms with Gasteiger partial charge in [0, 0.05) is 37.4 Å². The number of rotatable bonds is 5. The SMILES string of the molecule is Cn1ncc2c1CCCC2NCCCN1CCOCC1. The third kappa shape index (κ3) is 3.22. The van der Waals surface area contributed by atoms with E-state index in [1.54, 1.807) is 0 Å². The largest absolute Gasteiger partial charge is 0.379 e. The van der Waals surface area contributed by atoms with Gasteiger partial charge < -0.3 is 10.1 Å². The van der Waals surface area contributed by atoms with Crippen LogP contribution >= 0.6 is 0 Å². The Bertz CT molecular complexity index is 426.